The predicted molar refractivity (Wildman–Crippen MR) is 146 cm³/mol. The number of aromatic amines is 1. The van der Waals surface area contributed by atoms with E-state index < -0.39 is 17.1 Å². The molecule has 2 unspecified atom stereocenters. The van der Waals surface area contributed by atoms with Gasteiger partial charge in [0.1, 0.15) is 17.6 Å². The van der Waals surface area contributed by atoms with Gasteiger partial charge >= 0.3 is 4.87 Å². The average Bonchev–Trinajstić information content (AvgIpc) is 3.39. The summed E-state index contributed by atoms with van der Waals surface area (Å²) in [7, 11) is 0. The highest BCUT2D eigenvalue weighted by atomic mass is 32.2. The standard InChI is InChI=1S/C29H24N2O4S2/c1-16-7-11-18(12-8-16)15-35-21-6-4-3-5-20(21)22-23-25(36-26-24(22)37-29(34)30-26)28(33)31(27(23)32)19-13-9-17(2)10-14-19/h3-14,22-23,25H,15H2,1-2H3,(H,30,34)/t22-,23?,25?/m1/s1. The van der Waals surface area contributed by atoms with E-state index in [0.29, 0.717) is 23.1 Å². The number of fused-ring (bicyclic) bond motifs is 2. The van der Waals surface area contributed by atoms with Crippen LogP contribution in [0.5, 0.6) is 5.75 Å². The van der Waals surface area contributed by atoms with Crippen LogP contribution < -0.4 is 14.5 Å². The van der Waals surface area contributed by atoms with E-state index in [4.69, 9.17) is 4.74 Å². The van der Waals surface area contributed by atoms with E-state index in [0.717, 1.165) is 32.9 Å². The van der Waals surface area contributed by atoms with Gasteiger partial charge in [0.25, 0.3) is 0 Å². The van der Waals surface area contributed by atoms with Crippen LogP contribution in [0.25, 0.3) is 0 Å². The van der Waals surface area contributed by atoms with Gasteiger partial charge < -0.3 is 9.72 Å². The van der Waals surface area contributed by atoms with E-state index in [1.54, 1.807) is 12.1 Å². The number of anilines is 1. The van der Waals surface area contributed by atoms with E-state index in [-0.39, 0.29) is 16.7 Å². The number of para-hydroxylation sites is 1. The van der Waals surface area contributed by atoms with Crippen LogP contribution in [0.2, 0.25) is 0 Å². The number of aryl methyl sites for hydroxylation is 2. The van der Waals surface area contributed by atoms with Gasteiger partial charge in [0, 0.05) is 16.4 Å². The van der Waals surface area contributed by atoms with Crippen LogP contribution in [0.15, 0.2) is 82.6 Å². The normalized spacial score (nSPS) is 20.6. The zero-order valence-electron chi connectivity index (χ0n) is 20.3. The second-order valence-electron chi connectivity index (χ2n) is 9.41. The Balaban J connectivity index is 1.41. The molecule has 6 nitrogen and oxygen atoms in total. The number of hydrogen-bond acceptors (Lipinski definition) is 6. The number of thioether (sulfide) groups is 1. The molecule has 0 spiro atoms. The summed E-state index contributed by atoms with van der Waals surface area (Å²) < 4.78 is 6.27. The number of benzene rings is 3. The van der Waals surface area contributed by atoms with Gasteiger partial charge in [-0.2, -0.15) is 0 Å². The molecule has 2 aliphatic rings. The first-order valence-corrected chi connectivity index (χ1v) is 13.7. The number of nitrogens with one attached hydrogen (secondary N) is 1. The number of thiazole rings is 1. The summed E-state index contributed by atoms with van der Waals surface area (Å²) in [4.78, 5) is 44.7. The van der Waals surface area contributed by atoms with Gasteiger partial charge in [0.2, 0.25) is 11.8 Å². The largest absolute Gasteiger partial charge is 0.489 e. The van der Waals surface area contributed by atoms with Crippen molar-refractivity contribution in [3.05, 3.63) is 110 Å². The Morgan fingerprint density at radius 3 is 2.27 bits per heavy atom. The Morgan fingerprint density at radius 1 is 0.865 bits per heavy atom. The van der Waals surface area contributed by atoms with E-state index >= 15 is 0 Å². The highest BCUT2D eigenvalue weighted by Crippen LogP contribution is 2.54. The lowest BCUT2D eigenvalue weighted by Gasteiger charge is -2.30. The number of carbonyl (C=O) groups excluding carboxylic acids is 2. The molecule has 3 atom stereocenters. The molecule has 0 radical (unpaired) electrons. The van der Waals surface area contributed by atoms with Crippen LogP contribution in [-0.4, -0.2) is 22.0 Å². The van der Waals surface area contributed by atoms with Gasteiger partial charge in [-0.05, 0) is 37.6 Å². The van der Waals surface area contributed by atoms with Crippen molar-refractivity contribution < 1.29 is 14.3 Å². The van der Waals surface area contributed by atoms with Gasteiger partial charge in [-0.15, -0.1) is 0 Å². The molecule has 4 aromatic rings. The van der Waals surface area contributed by atoms with Crippen LogP contribution >= 0.6 is 23.1 Å². The first-order chi connectivity index (χ1) is 17.9. The molecule has 0 bridgehead atoms. The lowest BCUT2D eigenvalue weighted by atomic mass is 9.82. The summed E-state index contributed by atoms with van der Waals surface area (Å²) >= 11 is 2.38. The zero-order chi connectivity index (χ0) is 25.7. The van der Waals surface area contributed by atoms with Crippen molar-refractivity contribution in [2.75, 3.05) is 4.90 Å². The maximum Gasteiger partial charge on any atom is 0.305 e. The Bertz CT molecular complexity index is 1560. The Morgan fingerprint density at radius 2 is 1.54 bits per heavy atom. The lowest BCUT2D eigenvalue weighted by molar-refractivity contribution is -0.122. The predicted octanol–water partition coefficient (Wildman–Crippen LogP) is 5.43. The number of nitrogens with zero attached hydrogens (tertiary/aromatic N) is 1. The maximum atomic E-state index is 13.9. The number of H-pyrrole nitrogens is 1. The van der Waals surface area contributed by atoms with E-state index in [1.165, 1.54) is 22.2 Å². The highest BCUT2D eigenvalue weighted by molar-refractivity contribution is 8.00. The molecule has 37 heavy (non-hydrogen) atoms. The van der Waals surface area contributed by atoms with Crippen LogP contribution in [0.3, 0.4) is 0 Å². The van der Waals surface area contributed by atoms with Gasteiger partial charge in [0.05, 0.1) is 16.6 Å². The number of imide groups is 1. The van der Waals surface area contributed by atoms with Crippen LogP contribution in [0, 0.1) is 19.8 Å². The third kappa shape index (κ3) is 4.20. The molecule has 1 fully saturated rings. The number of amides is 2. The van der Waals surface area contributed by atoms with E-state index in [1.807, 2.05) is 74.5 Å². The fraction of sp³-hybridized carbons (Fsp3) is 0.207. The van der Waals surface area contributed by atoms with Gasteiger partial charge in [0.15, 0.2) is 0 Å². The van der Waals surface area contributed by atoms with Crippen molar-refractivity contribution in [1.29, 1.82) is 0 Å². The van der Waals surface area contributed by atoms with Gasteiger partial charge in [-0.1, -0.05) is 88.8 Å². The fourth-order valence-electron chi connectivity index (χ4n) is 5.01. The van der Waals surface area contributed by atoms with Crippen molar-refractivity contribution in [2.45, 2.75) is 36.6 Å². The first kappa shape index (κ1) is 23.8. The van der Waals surface area contributed by atoms with Gasteiger partial charge in [-0.3, -0.25) is 14.4 Å². The molecule has 3 aromatic carbocycles. The molecule has 8 heteroatoms. The number of ether oxygens (including phenoxy) is 1. The minimum atomic E-state index is -0.651. The topological polar surface area (TPSA) is 79.5 Å². The lowest BCUT2D eigenvalue weighted by Crippen LogP contribution is -2.32. The fourth-order valence-corrected chi connectivity index (χ4v) is 7.52. The summed E-state index contributed by atoms with van der Waals surface area (Å²) in [5, 5.41) is 0.0169. The van der Waals surface area contributed by atoms with E-state index in [2.05, 4.69) is 4.98 Å². The second-order valence-corrected chi connectivity index (χ2v) is 11.6. The monoisotopic (exact) mass is 528 g/mol. The minimum absolute atomic E-state index is 0.198. The third-order valence-electron chi connectivity index (χ3n) is 6.89. The molecule has 3 heterocycles. The molecule has 186 valence electrons. The highest BCUT2D eigenvalue weighted by Gasteiger charge is 2.56. The smallest absolute Gasteiger partial charge is 0.305 e. The number of aromatic nitrogens is 1. The Hall–Kier alpha value is -3.62. The summed E-state index contributed by atoms with van der Waals surface area (Å²) in [6.07, 6.45) is 0. The molecular formula is C29H24N2O4S2. The summed E-state index contributed by atoms with van der Waals surface area (Å²) in [6, 6.07) is 23.1. The SMILES string of the molecule is Cc1ccc(COc2ccccc2[C@H]2c3sc(=O)[nH]c3SC3C(=O)N(c4ccc(C)cc4)C(=O)C32)cc1. The van der Waals surface area contributed by atoms with Crippen molar-refractivity contribution >= 4 is 40.6 Å². The third-order valence-corrected chi connectivity index (χ3v) is 9.29. The van der Waals surface area contributed by atoms with Crippen molar-refractivity contribution in [1.82, 2.24) is 4.98 Å². The van der Waals surface area contributed by atoms with Crippen molar-refractivity contribution in [2.24, 2.45) is 5.92 Å². The maximum absolute atomic E-state index is 13.9. The molecule has 0 aliphatic carbocycles. The zero-order valence-corrected chi connectivity index (χ0v) is 21.9. The Labute approximate surface area is 222 Å². The minimum Gasteiger partial charge on any atom is -0.489 e. The van der Waals surface area contributed by atoms with Crippen LogP contribution in [0.4, 0.5) is 5.69 Å². The summed E-state index contributed by atoms with van der Waals surface area (Å²) in [6.45, 7) is 4.37. The number of carbonyl (C=O) groups is 2. The second kappa shape index (κ2) is 9.36. The number of rotatable bonds is 5. The molecule has 1 N–H and O–H groups in total. The molecular weight excluding hydrogens is 504 g/mol. The Kier molecular flexibility index (Phi) is 6.01. The molecule has 1 saturated heterocycles. The van der Waals surface area contributed by atoms with E-state index in [9.17, 15) is 14.4 Å². The molecule has 2 amide bonds. The first-order valence-electron chi connectivity index (χ1n) is 12.0. The van der Waals surface area contributed by atoms with Gasteiger partial charge in [-0.25, -0.2) is 4.90 Å². The summed E-state index contributed by atoms with van der Waals surface area (Å²) in [5.74, 6) is -1.01. The molecule has 1 aromatic heterocycles. The van der Waals surface area contributed by atoms with Crippen LogP contribution in [0.1, 0.15) is 33.0 Å². The number of hydrogen-bond donors (Lipinski definition) is 1. The average molecular weight is 529 g/mol. The molecule has 6 rings (SSSR count). The molecule has 0 saturated carbocycles. The summed E-state index contributed by atoms with van der Waals surface area (Å²) in [5.41, 5.74) is 4.62. The van der Waals surface area contributed by atoms with Crippen molar-refractivity contribution in [3.8, 4) is 5.75 Å². The molecule has 2 aliphatic heterocycles. The quantitative estimate of drug-likeness (QED) is 0.350. The van der Waals surface area contributed by atoms with Crippen molar-refractivity contribution in [3.63, 3.8) is 0 Å². The van der Waals surface area contributed by atoms with Crippen LogP contribution in [-0.2, 0) is 16.2 Å².